The normalized spacial score (nSPS) is 13.1. The number of nitrogens with zero attached hydrogens (tertiary/aromatic N) is 1. The summed E-state index contributed by atoms with van der Waals surface area (Å²) < 4.78 is 0. The Bertz CT molecular complexity index is 458. The highest BCUT2D eigenvalue weighted by Crippen LogP contribution is 2.22. The van der Waals surface area contributed by atoms with Gasteiger partial charge in [0.25, 0.3) is 0 Å². The monoisotopic (exact) mass is 411 g/mol. The first kappa shape index (κ1) is 27.8. The van der Waals surface area contributed by atoms with Crippen molar-refractivity contribution in [3.8, 4) is 0 Å². The van der Waals surface area contributed by atoms with Gasteiger partial charge in [-0.1, -0.05) is 68.4 Å². The Balaban J connectivity index is 3.72. The summed E-state index contributed by atoms with van der Waals surface area (Å²) in [7, 11) is 0. The van der Waals surface area contributed by atoms with Gasteiger partial charge in [-0.3, -0.25) is 4.79 Å². The highest BCUT2D eigenvalue weighted by molar-refractivity contribution is 5.69. The summed E-state index contributed by atoms with van der Waals surface area (Å²) in [5.41, 5.74) is -2.90. The summed E-state index contributed by atoms with van der Waals surface area (Å²) >= 11 is 0. The predicted octanol–water partition coefficient (Wildman–Crippen LogP) is 6.02. The van der Waals surface area contributed by atoms with Crippen LogP contribution in [-0.4, -0.2) is 32.7 Å². The first-order valence-electron chi connectivity index (χ1n) is 11.3. The number of hydrogen-bond donors (Lipinski definition) is 2. The standard InChI is InChI=1S/C24H45NO4/c1-6-7-8-9-10-11-12-13-14-15-16-17-18-19-20-21-22(26)29-25(23(2,3)27)24(4,5)28/h10-11,13-14,27-28H,6-9,12,15-21H2,1-5H3/b11-10-,14-13-. The second-order valence-electron chi connectivity index (χ2n) is 8.73. The fourth-order valence-corrected chi connectivity index (χ4v) is 3.12. The number of rotatable bonds is 17. The Morgan fingerprint density at radius 3 is 1.79 bits per heavy atom. The van der Waals surface area contributed by atoms with Crippen LogP contribution in [0.15, 0.2) is 24.3 Å². The smallest absolute Gasteiger partial charge is 0.325 e. The predicted molar refractivity (Wildman–Crippen MR) is 120 cm³/mol. The fourth-order valence-electron chi connectivity index (χ4n) is 3.12. The molecule has 5 heteroatoms. The van der Waals surface area contributed by atoms with E-state index in [1.165, 1.54) is 59.8 Å². The summed E-state index contributed by atoms with van der Waals surface area (Å²) in [6, 6.07) is 0. The van der Waals surface area contributed by atoms with Crippen LogP contribution in [0.1, 0.15) is 112 Å². The second kappa shape index (κ2) is 15.6. The lowest BCUT2D eigenvalue weighted by Crippen LogP contribution is -2.56. The molecule has 2 N–H and O–H groups in total. The zero-order valence-corrected chi connectivity index (χ0v) is 19.5. The van der Waals surface area contributed by atoms with Gasteiger partial charge in [0.15, 0.2) is 0 Å². The molecule has 0 bridgehead atoms. The van der Waals surface area contributed by atoms with E-state index < -0.39 is 17.4 Å². The molecule has 0 fully saturated rings. The van der Waals surface area contributed by atoms with Gasteiger partial charge in [-0.25, -0.2) is 0 Å². The van der Waals surface area contributed by atoms with Crippen LogP contribution in [0.5, 0.6) is 0 Å². The third-order valence-electron chi connectivity index (χ3n) is 4.52. The molecule has 0 aliphatic carbocycles. The molecule has 0 amide bonds. The minimum absolute atomic E-state index is 0.285. The van der Waals surface area contributed by atoms with Crippen LogP contribution >= 0.6 is 0 Å². The van der Waals surface area contributed by atoms with Gasteiger partial charge >= 0.3 is 5.97 Å². The van der Waals surface area contributed by atoms with E-state index in [9.17, 15) is 15.0 Å². The number of allylic oxidation sites excluding steroid dienone is 4. The van der Waals surface area contributed by atoms with Gasteiger partial charge in [-0.05, 0) is 66.2 Å². The summed E-state index contributed by atoms with van der Waals surface area (Å²) in [4.78, 5) is 17.2. The lowest BCUT2D eigenvalue weighted by Gasteiger charge is -2.39. The Labute approximate surface area is 178 Å². The van der Waals surface area contributed by atoms with Crippen molar-refractivity contribution < 1.29 is 19.8 Å². The lowest BCUT2D eigenvalue weighted by molar-refractivity contribution is -0.346. The van der Waals surface area contributed by atoms with Crippen LogP contribution in [0.25, 0.3) is 0 Å². The Morgan fingerprint density at radius 1 is 0.793 bits per heavy atom. The van der Waals surface area contributed by atoms with E-state index in [1.54, 1.807) is 0 Å². The molecule has 0 heterocycles. The van der Waals surface area contributed by atoms with Crippen LogP contribution < -0.4 is 0 Å². The minimum Gasteiger partial charge on any atom is -0.373 e. The van der Waals surface area contributed by atoms with Crippen molar-refractivity contribution in [1.29, 1.82) is 0 Å². The molecular formula is C24H45NO4. The number of aliphatic hydroxyl groups is 2. The maximum absolute atomic E-state index is 12.0. The molecule has 0 aromatic rings. The maximum atomic E-state index is 12.0. The molecule has 0 saturated heterocycles. The number of carbonyl (C=O) groups excluding carboxylic acids is 1. The zero-order chi connectivity index (χ0) is 22.2. The van der Waals surface area contributed by atoms with E-state index in [-0.39, 0.29) is 6.42 Å². The van der Waals surface area contributed by atoms with Crippen LogP contribution in [0, 0.1) is 0 Å². The molecule has 0 aromatic carbocycles. The van der Waals surface area contributed by atoms with Crippen molar-refractivity contribution in [3.63, 3.8) is 0 Å². The molecule has 0 aromatic heterocycles. The number of carbonyl (C=O) groups is 1. The van der Waals surface area contributed by atoms with Crippen LogP contribution in [0.4, 0.5) is 0 Å². The molecule has 0 spiro atoms. The SMILES string of the molecule is CCCCC/C=C\C/C=C\CCCCCCCC(=O)ON(C(C)(C)O)C(C)(C)O. The molecule has 0 atom stereocenters. The molecule has 0 unspecified atom stereocenters. The Morgan fingerprint density at radius 2 is 1.28 bits per heavy atom. The average Bonchev–Trinajstić information content (AvgIpc) is 2.61. The first-order valence-corrected chi connectivity index (χ1v) is 11.3. The van der Waals surface area contributed by atoms with Crippen LogP contribution in [0.2, 0.25) is 0 Å². The van der Waals surface area contributed by atoms with Crippen molar-refractivity contribution in [3.05, 3.63) is 24.3 Å². The molecule has 5 nitrogen and oxygen atoms in total. The molecule has 0 rings (SSSR count). The van der Waals surface area contributed by atoms with Crippen molar-refractivity contribution in [2.75, 3.05) is 0 Å². The molecular weight excluding hydrogens is 366 g/mol. The molecule has 29 heavy (non-hydrogen) atoms. The van der Waals surface area contributed by atoms with E-state index in [1.807, 2.05) is 0 Å². The highest BCUT2D eigenvalue weighted by atomic mass is 16.7. The quantitative estimate of drug-likeness (QED) is 0.133. The number of hydroxylamine groups is 2. The third-order valence-corrected chi connectivity index (χ3v) is 4.52. The molecule has 0 saturated carbocycles. The number of unbranched alkanes of at least 4 members (excludes halogenated alkanes) is 8. The lowest BCUT2D eigenvalue weighted by atomic mass is 10.1. The minimum atomic E-state index is -1.45. The molecule has 0 aliphatic heterocycles. The summed E-state index contributed by atoms with van der Waals surface area (Å²) in [5.74, 6) is -0.431. The largest absolute Gasteiger partial charge is 0.373 e. The van der Waals surface area contributed by atoms with Gasteiger partial charge in [0, 0.05) is 6.42 Å². The number of hydrogen-bond acceptors (Lipinski definition) is 5. The Kier molecular flexibility index (Phi) is 15.0. The van der Waals surface area contributed by atoms with Crippen LogP contribution in [-0.2, 0) is 9.63 Å². The van der Waals surface area contributed by atoms with E-state index in [0.717, 1.165) is 43.6 Å². The zero-order valence-electron chi connectivity index (χ0n) is 19.5. The van der Waals surface area contributed by atoms with Crippen molar-refractivity contribution in [1.82, 2.24) is 5.06 Å². The van der Waals surface area contributed by atoms with Gasteiger partial charge in [0.1, 0.15) is 11.4 Å². The van der Waals surface area contributed by atoms with E-state index in [4.69, 9.17) is 4.84 Å². The summed E-state index contributed by atoms with van der Waals surface area (Å²) in [6.45, 7) is 8.10. The summed E-state index contributed by atoms with van der Waals surface area (Å²) in [5, 5.41) is 21.0. The third kappa shape index (κ3) is 16.3. The van der Waals surface area contributed by atoms with Gasteiger partial charge in [0.05, 0.1) is 0 Å². The topological polar surface area (TPSA) is 70.0 Å². The summed E-state index contributed by atoms with van der Waals surface area (Å²) in [6.07, 6.45) is 21.7. The van der Waals surface area contributed by atoms with Gasteiger partial charge in [-0.15, -0.1) is 0 Å². The van der Waals surface area contributed by atoms with E-state index in [2.05, 4.69) is 31.2 Å². The van der Waals surface area contributed by atoms with Crippen molar-refractivity contribution >= 4 is 5.97 Å². The highest BCUT2D eigenvalue weighted by Gasteiger charge is 2.38. The van der Waals surface area contributed by atoms with Crippen molar-refractivity contribution in [2.24, 2.45) is 0 Å². The van der Waals surface area contributed by atoms with E-state index >= 15 is 0 Å². The average molecular weight is 412 g/mol. The molecule has 0 radical (unpaired) electrons. The maximum Gasteiger partial charge on any atom is 0.325 e. The molecule has 170 valence electrons. The molecule has 0 aliphatic rings. The van der Waals surface area contributed by atoms with Gasteiger partial charge in [-0.2, -0.15) is 0 Å². The Hall–Kier alpha value is -1.17. The van der Waals surface area contributed by atoms with Gasteiger partial charge in [0.2, 0.25) is 0 Å². The van der Waals surface area contributed by atoms with Gasteiger partial charge < -0.3 is 15.1 Å². The first-order chi connectivity index (χ1) is 13.6. The van der Waals surface area contributed by atoms with E-state index in [0.29, 0.717) is 0 Å². The van der Waals surface area contributed by atoms with Crippen LogP contribution in [0.3, 0.4) is 0 Å². The fraction of sp³-hybridized carbons (Fsp3) is 0.792. The second-order valence-corrected chi connectivity index (χ2v) is 8.73. The van der Waals surface area contributed by atoms with Crippen molar-refractivity contribution in [2.45, 2.75) is 123 Å².